The minimum absolute atomic E-state index is 0.0220. The van der Waals surface area contributed by atoms with E-state index in [1.807, 2.05) is 18.2 Å². The molecule has 4 aromatic carbocycles. The Morgan fingerprint density at radius 2 is 1.66 bits per heavy atom. The molecule has 2 aliphatic heterocycles. The van der Waals surface area contributed by atoms with Crippen LogP contribution >= 0.6 is 11.6 Å². The number of nitrogens with zero attached hydrogens (tertiary/aromatic N) is 2. The van der Waals surface area contributed by atoms with Crippen molar-refractivity contribution < 1.29 is 9.18 Å². The third-order valence-corrected chi connectivity index (χ3v) is 7.31. The first-order chi connectivity index (χ1) is 17.0. The Morgan fingerprint density at radius 1 is 0.886 bits per heavy atom. The molecule has 6 heteroatoms. The summed E-state index contributed by atoms with van der Waals surface area (Å²) in [7, 11) is 0. The number of hydrogen-bond donors (Lipinski definition) is 1. The van der Waals surface area contributed by atoms with Gasteiger partial charge >= 0.3 is 0 Å². The molecule has 0 spiro atoms. The Balaban J connectivity index is 1.10. The van der Waals surface area contributed by atoms with Gasteiger partial charge in [-0.05, 0) is 58.8 Å². The van der Waals surface area contributed by atoms with E-state index < -0.39 is 0 Å². The van der Waals surface area contributed by atoms with Gasteiger partial charge in [0.1, 0.15) is 5.82 Å². The summed E-state index contributed by atoms with van der Waals surface area (Å²) in [5, 5.41) is 5.55. The van der Waals surface area contributed by atoms with E-state index in [2.05, 4.69) is 51.5 Å². The first-order valence-corrected chi connectivity index (χ1v) is 12.3. The van der Waals surface area contributed by atoms with Crippen LogP contribution in [-0.2, 0) is 13.0 Å². The molecule has 4 nitrogen and oxygen atoms in total. The molecular weight excluding hydrogens is 461 g/mol. The predicted molar refractivity (Wildman–Crippen MR) is 140 cm³/mol. The number of amides is 1. The Kier molecular flexibility index (Phi) is 5.67. The average Bonchev–Trinajstić information content (AvgIpc) is 3.19. The van der Waals surface area contributed by atoms with Gasteiger partial charge in [0.15, 0.2) is 0 Å². The van der Waals surface area contributed by atoms with Gasteiger partial charge in [0.2, 0.25) is 0 Å². The zero-order chi connectivity index (χ0) is 23.9. The quantitative estimate of drug-likeness (QED) is 0.370. The number of rotatable bonds is 5. The van der Waals surface area contributed by atoms with Gasteiger partial charge in [-0.2, -0.15) is 0 Å². The first-order valence-electron chi connectivity index (χ1n) is 11.9. The zero-order valence-corrected chi connectivity index (χ0v) is 20.0. The summed E-state index contributed by atoms with van der Waals surface area (Å²) in [5.41, 5.74) is 6.03. The highest BCUT2D eigenvalue weighted by Crippen LogP contribution is 2.35. The van der Waals surface area contributed by atoms with Crippen molar-refractivity contribution >= 4 is 39.7 Å². The molecule has 0 radical (unpaired) electrons. The third-order valence-electron chi connectivity index (χ3n) is 7.07. The van der Waals surface area contributed by atoms with E-state index >= 15 is 0 Å². The number of hydrogen-bond acceptors (Lipinski definition) is 3. The van der Waals surface area contributed by atoms with E-state index in [0.29, 0.717) is 10.7 Å². The molecule has 0 bridgehead atoms. The smallest absolute Gasteiger partial charge is 0.256 e. The number of nitrogens with one attached hydrogen (secondary N) is 1. The molecule has 35 heavy (non-hydrogen) atoms. The lowest BCUT2D eigenvalue weighted by atomic mass is 9.95. The molecule has 0 aliphatic carbocycles. The van der Waals surface area contributed by atoms with E-state index in [1.54, 1.807) is 12.1 Å². The van der Waals surface area contributed by atoms with Gasteiger partial charge in [0.25, 0.3) is 5.91 Å². The maximum Gasteiger partial charge on any atom is 0.256 e. The molecule has 0 saturated carbocycles. The van der Waals surface area contributed by atoms with Crippen molar-refractivity contribution in [3.05, 3.63) is 106 Å². The summed E-state index contributed by atoms with van der Waals surface area (Å²) < 4.78 is 14.3. The molecule has 0 atom stereocenters. The maximum atomic E-state index is 14.3. The van der Waals surface area contributed by atoms with Crippen molar-refractivity contribution in [1.29, 1.82) is 0 Å². The van der Waals surface area contributed by atoms with Crippen molar-refractivity contribution in [1.82, 2.24) is 4.90 Å². The molecule has 6 rings (SSSR count). The molecular formula is C29H25ClFN3O. The Labute approximate surface area is 208 Å². The van der Waals surface area contributed by atoms with Gasteiger partial charge in [-0.15, -0.1) is 0 Å². The van der Waals surface area contributed by atoms with E-state index in [9.17, 15) is 9.18 Å². The van der Waals surface area contributed by atoms with Crippen molar-refractivity contribution in [2.45, 2.75) is 13.0 Å². The van der Waals surface area contributed by atoms with Crippen LogP contribution in [0, 0.1) is 5.82 Å². The zero-order valence-electron chi connectivity index (χ0n) is 19.2. The molecule has 1 saturated heterocycles. The summed E-state index contributed by atoms with van der Waals surface area (Å²) >= 11 is 5.89. The number of carbonyl (C=O) groups excluding carboxylic acids is 1. The van der Waals surface area contributed by atoms with Crippen LogP contribution in [0.2, 0.25) is 5.02 Å². The Bertz CT molecular complexity index is 1430. The average molecular weight is 486 g/mol. The summed E-state index contributed by atoms with van der Waals surface area (Å²) in [6.45, 7) is 4.23. The maximum absolute atomic E-state index is 14.3. The number of anilines is 2. The molecule has 0 unspecified atom stereocenters. The topological polar surface area (TPSA) is 35.6 Å². The summed E-state index contributed by atoms with van der Waals surface area (Å²) in [4.78, 5) is 16.7. The molecule has 176 valence electrons. The second-order valence-corrected chi connectivity index (χ2v) is 9.74. The minimum atomic E-state index is -0.260. The fourth-order valence-corrected chi connectivity index (χ4v) is 5.39. The van der Waals surface area contributed by atoms with Crippen LogP contribution in [-0.4, -0.2) is 37.0 Å². The number of benzene rings is 4. The Hall–Kier alpha value is -3.41. The largest absolute Gasteiger partial charge is 0.367 e. The number of carbonyl (C=O) groups is 1. The first kappa shape index (κ1) is 22.1. The van der Waals surface area contributed by atoms with E-state index in [0.717, 1.165) is 61.2 Å². The summed E-state index contributed by atoms with van der Waals surface area (Å²) in [6, 6.07) is 23.8. The highest BCUT2D eigenvalue weighted by atomic mass is 35.5. The SMILES string of the molecule is O=C1Nc2ccc(Cc3ccc(CN4CCN(c5ccc(Cl)cc5F)CC4)cc3)c3cccc1c23. The number of halogens is 2. The van der Waals surface area contributed by atoms with Crippen molar-refractivity contribution in [3.8, 4) is 0 Å². The van der Waals surface area contributed by atoms with Crippen LogP contribution in [0.1, 0.15) is 27.0 Å². The fourth-order valence-electron chi connectivity index (χ4n) is 5.23. The van der Waals surface area contributed by atoms with Crippen LogP contribution in [0.25, 0.3) is 10.8 Å². The van der Waals surface area contributed by atoms with Gasteiger partial charge < -0.3 is 10.2 Å². The van der Waals surface area contributed by atoms with E-state index in [-0.39, 0.29) is 11.7 Å². The predicted octanol–water partition coefficient (Wildman–Crippen LogP) is 6.11. The Morgan fingerprint density at radius 3 is 2.43 bits per heavy atom. The summed E-state index contributed by atoms with van der Waals surface area (Å²) in [5.74, 6) is -0.282. The van der Waals surface area contributed by atoms with Gasteiger partial charge in [-0.1, -0.05) is 54.1 Å². The third kappa shape index (κ3) is 4.26. The van der Waals surface area contributed by atoms with E-state index in [1.165, 1.54) is 22.8 Å². The normalized spacial score (nSPS) is 15.6. The minimum Gasteiger partial charge on any atom is -0.367 e. The molecule has 2 aliphatic rings. The van der Waals surface area contributed by atoms with Crippen LogP contribution in [0.5, 0.6) is 0 Å². The van der Waals surface area contributed by atoms with Crippen LogP contribution < -0.4 is 10.2 Å². The van der Waals surface area contributed by atoms with Gasteiger partial charge in [0, 0.05) is 54.4 Å². The van der Waals surface area contributed by atoms with Gasteiger partial charge in [0.05, 0.1) is 5.69 Å². The molecule has 1 fully saturated rings. The van der Waals surface area contributed by atoms with Crippen molar-refractivity contribution in [2.75, 3.05) is 36.4 Å². The molecule has 0 aromatic heterocycles. The molecule has 1 N–H and O–H groups in total. The van der Waals surface area contributed by atoms with Crippen LogP contribution in [0.4, 0.5) is 15.8 Å². The monoisotopic (exact) mass is 485 g/mol. The standard InChI is InChI=1S/C29H25ClFN3O/c30-22-9-11-27(25(31)17-22)34-14-12-33(13-15-34)18-20-6-4-19(5-7-20)16-21-8-10-26-28-23(21)2-1-3-24(28)29(35)32-26/h1-11,17H,12-16,18H2,(H,32,35). The fraction of sp³-hybridized carbons (Fsp3) is 0.207. The lowest BCUT2D eigenvalue weighted by Crippen LogP contribution is -2.46. The van der Waals surface area contributed by atoms with E-state index in [4.69, 9.17) is 11.6 Å². The second-order valence-electron chi connectivity index (χ2n) is 9.31. The molecule has 1 amide bonds. The van der Waals surface area contributed by atoms with Crippen LogP contribution in [0.3, 0.4) is 0 Å². The highest BCUT2D eigenvalue weighted by molar-refractivity contribution is 6.30. The lowest BCUT2D eigenvalue weighted by molar-refractivity contribution is 0.103. The van der Waals surface area contributed by atoms with Gasteiger partial charge in [-0.25, -0.2) is 4.39 Å². The lowest BCUT2D eigenvalue weighted by Gasteiger charge is -2.36. The van der Waals surface area contributed by atoms with Crippen LogP contribution in [0.15, 0.2) is 72.8 Å². The van der Waals surface area contributed by atoms with Crippen molar-refractivity contribution in [2.24, 2.45) is 0 Å². The molecule has 4 aromatic rings. The summed E-state index contributed by atoms with van der Waals surface area (Å²) in [6.07, 6.45) is 0.819. The van der Waals surface area contributed by atoms with Crippen molar-refractivity contribution in [3.63, 3.8) is 0 Å². The molecule has 2 heterocycles. The highest BCUT2D eigenvalue weighted by Gasteiger charge is 2.22. The number of piperazine rings is 1. The van der Waals surface area contributed by atoms with Gasteiger partial charge in [-0.3, -0.25) is 9.69 Å². The second kappa shape index (κ2) is 8.99.